The summed E-state index contributed by atoms with van der Waals surface area (Å²) < 4.78 is 75.8. The van der Waals surface area contributed by atoms with Gasteiger partial charge in [-0.25, -0.2) is 19.7 Å². The van der Waals surface area contributed by atoms with Crippen molar-refractivity contribution in [1.29, 1.82) is 0 Å². The molecule has 1 aliphatic carbocycles. The molecule has 1 saturated carbocycles. The molecule has 10 N–H and O–H groups in total. The second-order valence-corrected chi connectivity index (χ2v) is 38.1. The van der Waals surface area contributed by atoms with Gasteiger partial charge in [0.25, 0.3) is 17.4 Å². The van der Waals surface area contributed by atoms with Crippen LogP contribution >= 0.6 is 23.5 Å². The molecule has 0 bridgehead atoms. The number of primary amides is 1. The minimum atomic E-state index is -1.60. The van der Waals surface area contributed by atoms with Gasteiger partial charge >= 0.3 is 12.0 Å². The van der Waals surface area contributed by atoms with Crippen LogP contribution in [0.25, 0.3) is 32.9 Å². The number of rotatable bonds is 64. The molecular formula is C105H132N16O26S2. The first-order valence-corrected chi connectivity index (χ1v) is 51.5. The van der Waals surface area contributed by atoms with E-state index in [2.05, 4.69) is 65.4 Å². The van der Waals surface area contributed by atoms with Gasteiger partial charge in [-0.3, -0.25) is 62.5 Å². The van der Waals surface area contributed by atoms with Crippen LogP contribution in [0, 0.1) is 11.8 Å². The smallest absolute Gasteiger partial charge is 0.332 e. The number of methoxy groups -OCH3 is 2. The van der Waals surface area contributed by atoms with E-state index in [1.165, 1.54) is 35.5 Å². The van der Waals surface area contributed by atoms with Gasteiger partial charge in [-0.15, -0.1) is 0 Å². The Hall–Kier alpha value is -12.7. The van der Waals surface area contributed by atoms with Crippen molar-refractivity contribution < 1.29 is 119 Å². The number of amides is 11. The average Bonchev–Trinajstić information content (AvgIpc) is 1.61. The molecule has 42 nitrogen and oxygen atoms in total. The Bertz CT molecular complexity index is 5940. The molecule has 149 heavy (non-hydrogen) atoms. The van der Waals surface area contributed by atoms with Crippen LogP contribution in [0.2, 0.25) is 0 Å². The van der Waals surface area contributed by atoms with Crippen LogP contribution in [0.5, 0.6) is 5.75 Å². The van der Waals surface area contributed by atoms with E-state index in [1.54, 1.807) is 43.1 Å². The highest BCUT2D eigenvalue weighted by molar-refractivity contribution is 8.08. The first-order chi connectivity index (χ1) is 72.4. The second kappa shape index (κ2) is 58.5. The van der Waals surface area contributed by atoms with E-state index in [9.17, 15) is 62.6 Å². The molecule has 44 heteroatoms. The van der Waals surface area contributed by atoms with Crippen LogP contribution in [0.4, 0.5) is 16.4 Å². The number of piperidine rings is 2. The Kier molecular flexibility index (Phi) is 44.6. The van der Waals surface area contributed by atoms with E-state index in [0.29, 0.717) is 154 Å². The zero-order valence-electron chi connectivity index (χ0n) is 84.3. The Morgan fingerprint density at radius 3 is 1.71 bits per heavy atom. The number of aryl methyl sites for hydroxylation is 1. The third kappa shape index (κ3) is 33.9. The first kappa shape index (κ1) is 113. The number of nitrogens with one attached hydrogen (secondary N) is 7. The fourth-order valence-corrected chi connectivity index (χ4v) is 19.1. The van der Waals surface area contributed by atoms with Crippen LogP contribution in [-0.2, 0) is 117 Å². The van der Waals surface area contributed by atoms with Gasteiger partial charge in [0.2, 0.25) is 47.3 Å². The lowest BCUT2D eigenvalue weighted by Gasteiger charge is -2.45. The van der Waals surface area contributed by atoms with Gasteiger partial charge in [0.05, 0.1) is 205 Å². The van der Waals surface area contributed by atoms with Crippen LogP contribution < -0.4 is 57.7 Å². The van der Waals surface area contributed by atoms with E-state index < -0.39 is 109 Å². The number of carbonyl (C=O) groups excluding carboxylic acids is 10. The van der Waals surface area contributed by atoms with Crippen molar-refractivity contribution in [2.75, 3.05) is 222 Å². The highest BCUT2D eigenvalue weighted by Crippen LogP contribution is 2.46. The summed E-state index contributed by atoms with van der Waals surface area (Å²) in [5.41, 5.74) is 8.38. The maximum Gasteiger partial charge on any atom is 0.332 e. The zero-order chi connectivity index (χ0) is 105. The number of aromatic amines is 1. The SMILES string of the molecule is COCCOCCOCCOCCOCCOCCOCCOCCC(=O)N[C@@H](CC(N)=O)C(=O)NCC(=O)NCOC[C@](OC1CC1)(c1ccccc1)c1nc(N2CCC(N3CCC(C)(NCC#Cc4ccc(OC)c(N5CCC(=O)N(CNC(=O)[C@H](CC(=O)O)NC(=O)CCOCCOCCN6C(=O)C(Sc7ccccc7)=C(Sc7ccccc7)C6=O)C5=O)c4)CC3)CC2)nc2ccc(-c3cn(C)c(=O)c4[nH]ccc34)cc12. The summed E-state index contributed by atoms with van der Waals surface area (Å²) in [7, 11) is 4.77. The first-order valence-electron chi connectivity index (χ1n) is 49.9. The number of pyridine rings is 1. The van der Waals surface area contributed by atoms with Crippen LogP contribution in [0.1, 0.15) is 94.4 Å². The van der Waals surface area contributed by atoms with Crippen molar-refractivity contribution in [2.45, 2.75) is 123 Å². The molecule has 4 aliphatic heterocycles. The van der Waals surface area contributed by atoms with Crippen LogP contribution in [-0.4, -0.2) is 346 Å². The number of urea groups is 1. The minimum absolute atomic E-state index is 0.00759. The number of aromatic nitrogens is 4. The summed E-state index contributed by atoms with van der Waals surface area (Å²) in [5.74, 6) is -0.202. The molecule has 4 fully saturated rings. The maximum atomic E-state index is 14.3. The van der Waals surface area contributed by atoms with Crippen molar-refractivity contribution in [3.63, 3.8) is 0 Å². The highest BCUT2D eigenvalue weighted by atomic mass is 32.2. The predicted octanol–water partition coefficient (Wildman–Crippen LogP) is 5.87. The van der Waals surface area contributed by atoms with Crippen molar-refractivity contribution in [3.8, 4) is 28.7 Å². The van der Waals surface area contributed by atoms with Gasteiger partial charge in [0.1, 0.15) is 36.7 Å². The number of hydrogen-bond donors (Lipinski definition) is 9. The van der Waals surface area contributed by atoms with E-state index >= 15 is 0 Å². The number of imide groups is 2. The summed E-state index contributed by atoms with van der Waals surface area (Å²) in [6.07, 6.45) is 6.22. The third-order valence-electron chi connectivity index (χ3n) is 25.2. The highest BCUT2D eigenvalue weighted by Gasteiger charge is 2.47. The number of anilines is 2. The van der Waals surface area contributed by atoms with Crippen LogP contribution in [0.15, 0.2) is 170 Å². The Labute approximate surface area is 871 Å². The van der Waals surface area contributed by atoms with Gasteiger partial charge in [0, 0.05) is 122 Å². The summed E-state index contributed by atoms with van der Waals surface area (Å²) in [6, 6.07) is 37.6. The Morgan fingerprint density at radius 2 is 1.15 bits per heavy atom. The number of fused-ring (bicyclic) bond motifs is 2. The molecule has 7 heterocycles. The Morgan fingerprint density at radius 1 is 0.591 bits per heavy atom. The molecule has 13 rings (SSSR count). The van der Waals surface area contributed by atoms with Crippen molar-refractivity contribution in [2.24, 2.45) is 12.8 Å². The number of thioether (sulfide) groups is 2. The van der Waals surface area contributed by atoms with Crippen molar-refractivity contribution in [3.05, 3.63) is 183 Å². The molecule has 11 amide bonds. The quantitative estimate of drug-likeness (QED) is 0.00930. The Balaban J connectivity index is 0.559. The van der Waals surface area contributed by atoms with Crippen LogP contribution in [0.3, 0.4) is 0 Å². The number of carboxylic acid groups (broad SMARTS) is 1. The molecule has 3 saturated heterocycles. The van der Waals surface area contributed by atoms with Gasteiger partial charge in [0.15, 0.2) is 5.60 Å². The number of likely N-dealkylation sites (tertiary alicyclic amines) is 1. The summed E-state index contributed by atoms with van der Waals surface area (Å²) in [5, 5.41) is 27.5. The fourth-order valence-electron chi connectivity index (χ4n) is 17.1. The number of benzene rings is 5. The van der Waals surface area contributed by atoms with Gasteiger partial charge in [-0.1, -0.05) is 108 Å². The second-order valence-electron chi connectivity index (χ2n) is 36.0. The number of nitrogens with zero attached hydrogens (tertiary/aromatic N) is 8. The lowest BCUT2D eigenvalue weighted by Crippen LogP contribution is -2.57. The fraction of sp³-hybridized carbons (Fsp3) is 0.486. The number of carboxylic acids is 1. The number of ether oxygens (including phenoxy) is 13. The van der Waals surface area contributed by atoms with Gasteiger partial charge in [-0.2, -0.15) is 0 Å². The molecule has 0 unspecified atom stereocenters. The van der Waals surface area contributed by atoms with Gasteiger partial charge < -0.3 is 124 Å². The van der Waals surface area contributed by atoms with E-state index in [0.717, 1.165) is 93.3 Å². The zero-order valence-corrected chi connectivity index (χ0v) is 85.9. The molecule has 5 aromatic carbocycles. The normalized spacial score (nSPS) is 15.9. The lowest BCUT2D eigenvalue weighted by atomic mass is 9.87. The molecular weight excluding hydrogens is 1970 g/mol. The summed E-state index contributed by atoms with van der Waals surface area (Å²) >= 11 is 2.44. The number of hydrogen-bond acceptors (Lipinski definition) is 32. The minimum Gasteiger partial charge on any atom is -0.495 e. The average molecular weight is 2100 g/mol. The summed E-state index contributed by atoms with van der Waals surface area (Å²) in [6.45, 7) is 9.19. The van der Waals surface area contributed by atoms with E-state index in [4.69, 9.17) is 77.3 Å². The number of nitrogens with two attached hydrogens (primary N) is 1. The molecule has 3 atom stereocenters. The maximum absolute atomic E-state index is 14.3. The molecule has 8 aromatic rings. The third-order valence-corrected chi connectivity index (χ3v) is 27.6. The number of H-pyrrole nitrogens is 1. The topological polar surface area (TPSA) is 506 Å². The van der Waals surface area contributed by atoms with Crippen molar-refractivity contribution >= 4 is 122 Å². The molecule has 800 valence electrons. The number of aliphatic carboxylic acids is 1. The standard InChI is InChI=1S/C105H132N16O26S2/c1-104(111-36-14-15-72-22-27-86(136-4)85(63-72)119-40-31-91(126)121(103(119)134)70-109-98(130)84(66-92(127)128)113-89(124)33-45-137-49-51-139-46-43-120-100(132)94(148-77-18-10-6-11-19-77)95(101(120)133)149-78-20-12-7-13-21-78)34-41-117(42-35-104)75-29-38-118(39-30-75)102-114-82-26-23-73(81-68-116(2)99(131)93-79(81)28-37-107-93)64-80(82)96(115-102)105(147-76-24-25-76,74-16-8-5-9-17-74)69-146-71-110-90(125)67-108-97(129)83(65-87(106)122)112-88(123)32-44-138-50-52-141-55-56-143-59-60-145-62-61-144-58-57-142-54-53-140-48-47-135-3/h5-13,16-23,26-28,37,63-64,68,75-76,83-84,107,111H,24-25,29-36,38-62,65-67,69-71H2,1-4H3,(H2,106,122)(H,108,129)(H,109,130)(H,110,125)(H,112,123)(H,113,124)(H,127,128)/t83-,84-,105-/m0/s1. The van der Waals surface area contributed by atoms with E-state index in [-0.39, 0.29) is 115 Å². The molecule has 5 aliphatic rings. The molecule has 3 aromatic heterocycles. The molecule has 0 spiro atoms. The predicted molar refractivity (Wildman–Crippen MR) is 552 cm³/mol. The monoisotopic (exact) mass is 2100 g/mol. The van der Waals surface area contributed by atoms with Crippen molar-refractivity contribution in [1.82, 2.24) is 66.1 Å². The lowest BCUT2D eigenvalue weighted by molar-refractivity contribution is -0.141. The largest absolute Gasteiger partial charge is 0.495 e. The van der Waals surface area contributed by atoms with Gasteiger partial charge in [-0.05, 0) is 117 Å². The van der Waals surface area contributed by atoms with E-state index in [1.807, 2.05) is 121 Å². The molecule has 0 radical (unpaired) electrons. The number of carbonyl (C=O) groups is 11. The summed E-state index contributed by atoms with van der Waals surface area (Å²) in [4.78, 5) is 184.